The van der Waals surface area contributed by atoms with Gasteiger partial charge in [-0.2, -0.15) is 0 Å². The van der Waals surface area contributed by atoms with Crippen LogP contribution in [-0.4, -0.2) is 33.3 Å². The van der Waals surface area contributed by atoms with E-state index in [1.54, 1.807) is 0 Å². The third-order valence-corrected chi connectivity index (χ3v) is 7.65. The van der Waals surface area contributed by atoms with Gasteiger partial charge in [0, 0.05) is 23.6 Å². The highest BCUT2D eigenvalue weighted by atomic mass is 16.5. The molecule has 2 N–H and O–H groups in total. The number of hydrogen-bond acceptors (Lipinski definition) is 3. The van der Waals surface area contributed by atoms with Crippen LogP contribution in [0.2, 0.25) is 0 Å². The maximum Gasteiger partial charge on any atom is 0.307 e. The van der Waals surface area contributed by atoms with E-state index in [-0.39, 0.29) is 18.3 Å². The van der Waals surface area contributed by atoms with Crippen LogP contribution in [0.4, 0.5) is 0 Å². The predicted molar refractivity (Wildman–Crippen MR) is 157 cm³/mol. The molecule has 1 aromatic heterocycles. The number of aryl methyl sites for hydroxylation is 1. The first-order valence-corrected chi connectivity index (χ1v) is 13.9. The minimum absolute atomic E-state index is 0.0856. The second-order valence-electron chi connectivity index (χ2n) is 10.9. The van der Waals surface area contributed by atoms with Crippen molar-refractivity contribution < 1.29 is 24.5 Å². The zero-order valence-corrected chi connectivity index (χ0v) is 22.6. The van der Waals surface area contributed by atoms with Crippen LogP contribution in [0.15, 0.2) is 79.0 Å². The number of fused-ring (bicyclic) bond motifs is 1. The van der Waals surface area contributed by atoms with E-state index < -0.39 is 11.9 Å². The lowest BCUT2D eigenvalue weighted by Crippen LogP contribution is -2.15. The Morgan fingerprint density at radius 1 is 0.875 bits per heavy atom. The molecular formula is C34H35NO5. The number of unbranched alkanes of at least 4 members (excludes halogenated alkanes) is 1. The van der Waals surface area contributed by atoms with Crippen molar-refractivity contribution in [2.45, 2.75) is 51.5 Å². The lowest BCUT2D eigenvalue weighted by molar-refractivity contribution is -0.138. The van der Waals surface area contributed by atoms with Crippen LogP contribution in [0.25, 0.3) is 23.1 Å². The Balaban J connectivity index is 1.25. The van der Waals surface area contributed by atoms with Crippen LogP contribution < -0.4 is 4.74 Å². The fourth-order valence-electron chi connectivity index (χ4n) is 5.41. The highest BCUT2D eigenvalue weighted by Crippen LogP contribution is 2.51. The Bertz CT molecular complexity index is 1500. The van der Waals surface area contributed by atoms with Crippen LogP contribution in [0.1, 0.15) is 54.4 Å². The topological polar surface area (TPSA) is 88.8 Å². The summed E-state index contributed by atoms with van der Waals surface area (Å²) in [5.41, 5.74) is 4.75. The molecule has 1 heterocycles. The van der Waals surface area contributed by atoms with Crippen molar-refractivity contribution in [3.05, 3.63) is 101 Å². The van der Waals surface area contributed by atoms with Crippen LogP contribution in [0.3, 0.4) is 0 Å². The molecule has 0 atom stereocenters. The van der Waals surface area contributed by atoms with E-state index in [4.69, 9.17) is 4.74 Å². The molecule has 0 aliphatic heterocycles. The molecule has 0 saturated heterocycles. The lowest BCUT2D eigenvalue weighted by atomic mass is 10.0. The molecule has 6 nitrogen and oxygen atoms in total. The summed E-state index contributed by atoms with van der Waals surface area (Å²) in [4.78, 5) is 23.0. The van der Waals surface area contributed by atoms with Crippen LogP contribution >= 0.6 is 0 Å². The Labute approximate surface area is 234 Å². The van der Waals surface area contributed by atoms with E-state index in [0.29, 0.717) is 13.2 Å². The number of nitrogens with zero attached hydrogens (tertiary/aromatic N) is 1. The quantitative estimate of drug-likeness (QED) is 0.132. The van der Waals surface area contributed by atoms with Crippen molar-refractivity contribution in [3.63, 3.8) is 0 Å². The number of rotatable bonds is 14. The van der Waals surface area contributed by atoms with Crippen molar-refractivity contribution in [1.82, 2.24) is 4.57 Å². The van der Waals surface area contributed by atoms with Gasteiger partial charge in [0.2, 0.25) is 0 Å². The van der Waals surface area contributed by atoms with Gasteiger partial charge in [0.05, 0.1) is 19.4 Å². The molecule has 6 heteroatoms. The smallest absolute Gasteiger partial charge is 0.307 e. The Morgan fingerprint density at radius 3 is 2.35 bits per heavy atom. The SMILES string of the molecule is O=C(O)Cc1cn(CC2(CC(=O)O)CC2)c2cccc(C=Cc3ccc(OCCCCc4ccccc4)cc3)c12. The van der Waals surface area contributed by atoms with Gasteiger partial charge in [0.15, 0.2) is 0 Å². The van der Waals surface area contributed by atoms with Gasteiger partial charge in [-0.1, -0.05) is 66.7 Å². The summed E-state index contributed by atoms with van der Waals surface area (Å²) in [5.74, 6) is -0.835. The van der Waals surface area contributed by atoms with E-state index in [1.807, 2.05) is 71.4 Å². The number of benzene rings is 3. The Morgan fingerprint density at radius 2 is 1.65 bits per heavy atom. The molecule has 3 aromatic carbocycles. The van der Waals surface area contributed by atoms with Crippen molar-refractivity contribution in [1.29, 1.82) is 0 Å². The Hall–Kier alpha value is -4.32. The van der Waals surface area contributed by atoms with Crippen molar-refractivity contribution in [2.75, 3.05) is 6.61 Å². The first kappa shape index (κ1) is 27.3. The van der Waals surface area contributed by atoms with Gasteiger partial charge in [-0.15, -0.1) is 0 Å². The second-order valence-corrected chi connectivity index (χ2v) is 10.9. The average Bonchev–Trinajstić information content (AvgIpc) is 3.60. The molecule has 0 bridgehead atoms. The van der Waals surface area contributed by atoms with Gasteiger partial charge in [0.25, 0.3) is 0 Å². The van der Waals surface area contributed by atoms with E-state index >= 15 is 0 Å². The minimum Gasteiger partial charge on any atom is -0.494 e. The zero-order chi connectivity index (χ0) is 28.0. The zero-order valence-electron chi connectivity index (χ0n) is 22.6. The summed E-state index contributed by atoms with van der Waals surface area (Å²) in [6.45, 7) is 1.26. The summed E-state index contributed by atoms with van der Waals surface area (Å²) in [6.07, 6.45) is 10.9. The summed E-state index contributed by atoms with van der Waals surface area (Å²) in [6, 6.07) is 24.4. The maximum absolute atomic E-state index is 11.6. The average molecular weight is 538 g/mol. The molecule has 1 fully saturated rings. The molecule has 0 amide bonds. The molecular weight excluding hydrogens is 502 g/mol. The molecule has 206 valence electrons. The molecule has 0 spiro atoms. The van der Waals surface area contributed by atoms with Crippen molar-refractivity contribution in [2.24, 2.45) is 5.41 Å². The van der Waals surface area contributed by atoms with E-state index in [1.165, 1.54) is 5.56 Å². The molecule has 5 rings (SSSR count). The number of aromatic nitrogens is 1. The standard InChI is InChI=1S/C34H35NO5/c36-31(37)21-28-23-35(24-34(18-19-34)22-32(38)39)30-11-6-10-27(33(28)30)15-12-26-13-16-29(17-14-26)40-20-5-4-9-25-7-2-1-3-8-25/h1-3,6-8,10-17,23H,4-5,9,18-22,24H2,(H,36,37)(H,38,39). The fourth-order valence-corrected chi connectivity index (χ4v) is 5.41. The number of aliphatic carboxylic acids is 2. The van der Waals surface area contributed by atoms with Crippen molar-refractivity contribution >= 4 is 35.0 Å². The highest BCUT2D eigenvalue weighted by molar-refractivity contribution is 5.96. The van der Waals surface area contributed by atoms with E-state index in [0.717, 1.165) is 65.4 Å². The molecule has 1 saturated carbocycles. The molecule has 0 unspecified atom stereocenters. The minimum atomic E-state index is -0.889. The number of carbonyl (C=O) groups is 2. The summed E-state index contributed by atoms with van der Waals surface area (Å²) in [7, 11) is 0. The predicted octanol–water partition coefficient (Wildman–Crippen LogP) is 7.10. The summed E-state index contributed by atoms with van der Waals surface area (Å²) in [5, 5.41) is 19.8. The van der Waals surface area contributed by atoms with Crippen molar-refractivity contribution in [3.8, 4) is 5.75 Å². The molecule has 40 heavy (non-hydrogen) atoms. The van der Waals surface area contributed by atoms with Gasteiger partial charge in [-0.3, -0.25) is 9.59 Å². The first-order chi connectivity index (χ1) is 19.4. The third-order valence-electron chi connectivity index (χ3n) is 7.65. The normalized spacial score (nSPS) is 14.0. The number of carboxylic acids is 2. The number of ether oxygens (including phenoxy) is 1. The van der Waals surface area contributed by atoms with Gasteiger partial charge in [0.1, 0.15) is 5.75 Å². The fraction of sp³-hybridized carbons (Fsp3) is 0.294. The van der Waals surface area contributed by atoms with Gasteiger partial charge in [-0.25, -0.2) is 0 Å². The summed E-state index contributed by atoms with van der Waals surface area (Å²) >= 11 is 0. The van der Waals surface area contributed by atoms with Gasteiger partial charge in [-0.05, 0) is 78.0 Å². The van der Waals surface area contributed by atoms with Crippen LogP contribution in [0.5, 0.6) is 5.75 Å². The van der Waals surface area contributed by atoms with E-state index in [2.05, 4.69) is 24.3 Å². The first-order valence-electron chi connectivity index (χ1n) is 13.9. The number of hydrogen-bond donors (Lipinski definition) is 2. The van der Waals surface area contributed by atoms with Crippen LogP contribution in [-0.2, 0) is 29.0 Å². The van der Waals surface area contributed by atoms with Gasteiger partial charge >= 0.3 is 11.9 Å². The summed E-state index contributed by atoms with van der Waals surface area (Å²) < 4.78 is 7.97. The monoisotopic (exact) mass is 537 g/mol. The van der Waals surface area contributed by atoms with E-state index in [9.17, 15) is 19.8 Å². The maximum atomic E-state index is 11.6. The van der Waals surface area contributed by atoms with Crippen LogP contribution in [0, 0.1) is 5.41 Å². The molecule has 1 aliphatic rings. The second kappa shape index (κ2) is 12.2. The lowest BCUT2D eigenvalue weighted by Gasteiger charge is -2.14. The number of carboxylic acid groups (broad SMARTS) is 2. The molecule has 4 aromatic rings. The largest absolute Gasteiger partial charge is 0.494 e. The molecule has 0 radical (unpaired) electrons. The Kier molecular flexibility index (Phi) is 8.34. The highest BCUT2D eigenvalue weighted by Gasteiger charge is 2.45. The van der Waals surface area contributed by atoms with Gasteiger partial charge < -0.3 is 19.5 Å². The third kappa shape index (κ3) is 7.00. The molecule has 1 aliphatic carbocycles.